The highest BCUT2D eigenvalue weighted by atomic mass is 79.9. The van der Waals surface area contributed by atoms with Gasteiger partial charge in [-0.3, -0.25) is 14.5 Å². The molecule has 2 amide bonds. The lowest BCUT2D eigenvalue weighted by Crippen LogP contribution is -2.27. The minimum absolute atomic E-state index is 0.202. The molecule has 0 unspecified atom stereocenters. The average Bonchev–Trinajstić information content (AvgIpc) is 2.96. The van der Waals surface area contributed by atoms with Gasteiger partial charge in [0, 0.05) is 4.47 Å². The molecule has 0 atom stereocenters. The molecule has 0 N–H and O–H groups in total. The van der Waals surface area contributed by atoms with Crippen LogP contribution in [-0.4, -0.2) is 35.7 Å². The number of esters is 1. The molecule has 0 radical (unpaired) electrons. The minimum atomic E-state index is -0.486. The molecule has 150 valence electrons. The number of hydrogen-bond donors (Lipinski definition) is 0. The number of nitrogens with zero attached hydrogens (tertiary/aromatic N) is 1. The van der Waals surface area contributed by atoms with E-state index < -0.39 is 5.97 Å². The molecule has 1 aliphatic rings. The second-order valence-electron chi connectivity index (χ2n) is 5.91. The number of ether oxygens (including phenoxy) is 2. The summed E-state index contributed by atoms with van der Waals surface area (Å²) < 4.78 is 11.4. The third-order valence-electron chi connectivity index (χ3n) is 3.99. The van der Waals surface area contributed by atoms with Crippen molar-refractivity contribution < 1.29 is 23.9 Å². The maximum absolute atomic E-state index is 12.7. The summed E-state index contributed by atoms with van der Waals surface area (Å²) >= 11 is 7.72. The van der Waals surface area contributed by atoms with Crippen LogP contribution in [0.5, 0.6) is 5.75 Å². The van der Waals surface area contributed by atoms with E-state index in [4.69, 9.17) is 4.74 Å². The Hall–Kier alpha value is -2.10. The first-order valence-electron chi connectivity index (χ1n) is 8.37. The molecule has 1 heterocycles. The van der Waals surface area contributed by atoms with Crippen molar-refractivity contribution in [3.63, 3.8) is 0 Å². The van der Waals surface area contributed by atoms with Crippen LogP contribution in [0.1, 0.15) is 11.1 Å². The van der Waals surface area contributed by atoms with Gasteiger partial charge in [-0.2, -0.15) is 0 Å². The second kappa shape index (κ2) is 9.60. The van der Waals surface area contributed by atoms with E-state index in [1.165, 1.54) is 12.0 Å². The van der Waals surface area contributed by atoms with Gasteiger partial charge in [0.15, 0.2) is 6.61 Å². The number of benzene rings is 2. The summed E-state index contributed by atoms with van der Waals surface area (Å²) in [4.78, 5) is 37.8. The Balaban J connectivity index is 1.74. The quantitative estimate of drug-likeness (QED) is 0.379. The molecule has 0 aromatic heterocycles. The van der Waals surface area contributed by atoms with Gasteiger partial charge in [-0.05, 0) is 63.1 Å². The first-order valence-corrected chi connectivity index (χ1v) is 10.8. The van der Waals surface area contributed by atoms with Crippen molar-refractivity contribution in [3.8, 4) is 5.75 Å². The average molecular weight is 541 g/mol. The van der Waals surface area contributed by atoms with Crippen LogP contribution in [-0.2, 0) is 20.9 Å². The second-order valence-corrected chi connectivity index (χ2v) is 8.62. The molecule has 3 rings (SSSR count). The molecule has 9 heteroatoms. The Kier molecular flexibility index (Phi) is 7.15. The zero-order valence-corrected chi connectivity index (χ0v) is 19.2. The molecule has 0 saturated carbocycles. The standard InChI is InChI=1S/C20H15Br2NO5S/c1-27-18(24)11-28-16-7-6-12(8-15(16)22)9-17-19(25)23(20(26)29-17)10-13-4-2-3-5-14(13)21/h2-9H,10-11H2,1H3/b17-9-. The minimum Gasteiger partial charge on any atom is -0.481 e. The van der Waals surface area contributed by atoms with Crippen LogP contribution >= 0.6 is 43.6 Å². The van der Waals surface area contributed by atoms with Crippen LogP contribution in [0, 0.1) is 0 Å². The molecule has 2 aromatic carbocycles. The molecular formula is C20H15Br2NO5S. The van der Waals surface area contributed by atoms with E-state index in [1.807, 2.05) is 24.3 Å². The number of methoxy groups -OCH3 is 1. The summed E-state index contributed by atoms with van der Waals surface area (Å²) in [6.45, 7) is -0.00416. The fourth-order valence-electron chi connectivity index (χ4n) is 2.50. The van der Waals surface area contributed by atoms with Crippen LogP contribution in [0.15, 0.2) is 56.3 Å². The summed E-state index contributed by atoms with van der Waals surface area (Å²) in [5.41, 5.74) is 1.57. The van der Waals surface area contributed by atoms with Crippen molar-refractivity contribution in [1.82, 2.24) is 4.90 Å². The highest BCUT2D eigenvalue weighted by Gasteiger charge is 2.35. The predicted molar refractivity (Wildman–Crippen MR) is 117 cm³/mol. The molecule has 1 saturated heterocycles. The van der Waals surface area contributed by atoms with Gasteiger partial charge in [0.05, 0.1) is 23.0 Å². The first-order chi connectivity index (χ1) is 13.9. The third-order valence-corrected chi connectivity index (χ3v) is 6.29. The summed E-state index contributed by atoms with van der Waals surface area (Å²) in [6.07, 6.45) is 1.65. The van der Waals surface area contributed by atoms with E-state index in [9.17, 15) is 14.4 Å². The summed E-state index contributed by atoms with van der Waals surface area (Å²) in [5.74, 6) is -0.354. The third kappa shape index (κ3) is 5.29. The Morgan fingerprint density at radius 2 is 1.90 bits per heavy atom. The Bertz CT molecular complexity index is 1010. The number of carbonyl (C=O) groups is 3. The first kappa shape index (κ1) is 21.6. The van der Waals surface area contributed by atoms with Gasteiger partial charge in [-0.15, -0.1) is 0 Å². The number of thioether (sulfide) groups is 1. The Labute approximate surface area is 188 Å². The van der Waals surface area contributed by atoms with E-state index in [1.54, 1.807) is 24.3 Å². The number of carbonyl (C=O) groups excluding carboxylic acids is 3. The smallest absolute Gasteiger partial charge is 0.343 e. The maximum Gasteiger partial charge on any atom is 0.343 e. The molecule has 0 aliphatic carbocycles. The fourth-order valence-corrected chi connectivity index (χ4v) is 4.26. The van der Waals surface area contributed by atoms with E-state index in [-0.39, 0.29) is 24.3 Å². The van der Waals surface area contributed by atoms with Crippen LogP contribution in [0.2, 0.25) is 0 Å². The van der Waals surface area contributed by atoms with Crippen LogP contribution in [0.3, 0.4) is 0 Å². The zero-order chi connectivity index (χ0) is 21.0. The lowest BCUT2D eigenvalue weighted by Gasteiger charge is -2.13. The van der Waals surface area contributed by atoms with Gasteiger partial charge >= 0.3 is 5.97 Å². The number of imide groups is 1. The van der Waals surface area contributed by atoms with Crippen molar-refractivity contribution in [2.75, 3.05) is 13.7 Å². The molecule has 29 heavy (non-hydrogen) atoms. The summed E-state index contributed by atoms with van der Waals surface area (Å²) in [7, 11) is 1.29. The van der Waals surface area contributed by atoms with E-state index in [2.05, 4.69) is 36.6 Å². The number of hydrogen-bond acceptors (Lipinski definition) is 6. The van der Waals surface area contributed by atoms with Crippen LogP contribution in [0.25, 0.3) is 6.08 Å². The Morgan fingerprint density at radius 3 is 2.59 bits per heavy atom. The van der Waals surface area contributed by atoms with Gasteiger partial charge in [0.2, 0.25) is 0 Å². The molecule has 1 aliphatic heterocycles. The number of amides is 2. The molecule has 0 bridgehead atoms. The highest BCUT2D eigenvalue weighted by Crippen LogP contribution is 2.35. The zero-order valence-electron chi connectivity index (χ0n) is 15.2. The largest absolute Gasteiger partial charge is 0.481 e. The molecule has 2 aromatic rings. The normalized spacial score (nSPS) is 15.1. The van der Waals surface area contributed by atoms with Crippen LogP contribution < -0.4 is 4.74 Å². The van der Waals surface area contributed by atoms with E-state index >= 15 is 0 Å². The fraction of sp³-hybridized carbons (Fsp3) is 0.150. The van der Waals surface area contributed by atoms with Gasteiger partial charge in [0.1, 0.15) is 5.75 Å². The van der Waals surface area contributed by atoms with Gasteiger partial charge in [0.25, 0.3) is 11.1 Å². The van der Waals surface area contributed by atoms with Crippen molar-refractivity contribution >= 4 is 66.8 Å². The van der Waals surface area contributed by atoms with Crippen molar-refractivity contribution in [2.45, 2.75) is 6.54 Å². The topological polar surface area (TPSA) is 72.9 Å². The predicted octanol–water partition coefficient (Wildman–Crippen LogP) is 5.00. The lowest BCUT2D eigenvalue weighted by molar-refractivity contribution is -0.142. The SMILES string of the molecule is COC(=O)COc1ccc(/C=C2\SC(=O)N(Cc3ccccc3Br)C2=O)cc1Br. The highest BCUT2D eigenvalue weighted by molar-refractivity contribution is 9.10. The van der Waals surface area contributed by atoms with E-state index in [0.717, 1.165) is 21.8 Å². The monoisotopic (exact) mass is 539 g/mol. The lowest BCUT2D eigenvalue weighted by atomic mass is 10.2. The number of halogens is 2. The maximum atomic E-state index is 12.7. The van der Waals surface area contributed by atoms with E-state index in [0.29, 0.717) is 20.7 Å². The molecular weight excluding hydrogens is 526 g/mol. The number of rotatable bonds is 6. The van der Waals surface area contributed by atoms with Gasteiger partial charge in [-0.25, -0.2) is 4.79 Å². The van der Waals surface area contributed by atoms with Crippen LogP contribution in [0.4, 0.5) is 4.79 Å². The van der Waals surface area contributed by atoms with Crippen molar-refractivity contribution in [2.24, 2.45) is 0 Å². The van der Waals surface area contributed by atoms with Gasteiger partial charge < -0.3 is 9.47 Å². The molecule has 6 nitrogen and oxygen atoms in total. The molecule has 0 spiro atoms. The summed E-state index contributed by atoms with van der Waals surface area (Å²) in [5, 5.41) is -0.311. The van der Waals surface area contributed by atoms with Crippen molar-refractivity contribution in [1.29, 1.82) is 0 Å². The Morgan fingerprint density at radius 1 is 1.14 bits per heavy atom. The van der Waals surface area contributed by atoms with Gasteiger partial charge in [-0.1, -0.05) is 40.2 Å². The molecule has 1 fully saturated rings. The summed E-state index contributed by atoms with van der Waals surface area (Å²) in [6, 6.07) is 12.6. The van der Waals surface area contributed by atoms with Crippen molar-refractivity contribution in [3.05, 3.63) is 67.4 Å².